The fourth-order valence-corrected chi connectivity index (χ4v) is 5.04. The summed E-state index contributed by atoms with van der Waals surface area (Å²) in [6, 6.07) is 12.1. The Bertz CT molecular complexity index is 1290. The van der Waals surface area contributed by atoms with Gasteiger partial charge in [-0.2, -0.15) is 0 Å². The lowest BCUT2D eigenvalue weighted by atomic mass is 10.1. The van der Waals surface area contributed by atoms with Crippen molar-refractivity contribution in [3.63, 3.8) is 0 Å². The first-order valence-electron chi connectivity index (χ1n) is 10.7. The number of aryl methyl sites for hydroxylation is 3. The topological polar surface area (TPSA) is 62.2 Å². The molecule has 0 atom stereocenters. The van der Waals surface area contributed by atoms with Crippen LogP contribution in [-0.4, -0.2) is 51.9 Å². The number of rotatable bonds is 3. The molecular weight excluding hydrogens is 406 g/mol. The summed E-state index contributed by atoms with van der Waals surface area (Å²) < 4.78 is 1.23. The average Bonchev–Trinajstić information content (AvgIpc) is 3.22. The Morgan fingerprint density at radius 2 is 1.61 bits per heavy atom. The third-order valence-corrected chi connectivity index (χ3v) is 7.09. The van der Waals surface area contributed by atoms with Crippen molar-refractivity contribution in [2.75, 3.05) is 31.1 Å². The zero-order valence-corrected chi connectivity index (χ0v) is 18.9. The summed E-state index contributed by atoms with van der Waals surface area (Å²) in [4.78, 5) is 31.3. The van der Waals surface area contributed by atoms with E-state index in [1.54, 1.807) is 11.3 Å². The van der Waals surface area contributed by atoms with Gasteiger partial charge in [-0.1, -0.05) is 24.3 Å². The predicted octanol–water partition coefficient (Wildman–Crippen LogP) is 4.38. The van der Waals surface area contributed by atoms with Crippen molar-refractivity contribution in [2.24, 2.45) is 0 Å². The molecule has 1 aliphatic rings. The van der Waals surface area contributed by atoms with Gasteiger partial charge in [0.1, 0.15) is 0 Å². The SMILES string of the molecule is CCc1ccc2nc(N3CCN(C(=O)c4ccc5nc(C)c(C)nc5c4)CC3)sc2c1. The van der Waals surface area contributed by atoms with Gasteiger partial charge in [-0.3, -0.25) is 4.79 Å². The van der Waals surface area contributed by atoms with Gasteiger partial charge in [-0.25, -0.2) is 15.0 Å². The van der Waals surface area contributed by atoms with Gasteiger partial charge < -0.3 is 9.80 Å². The summed E-state index contributed by atoms with van der Waals surface area (Å²) in [5.74, 6) is 0.0541. The van der Waals surface area contributed by atoms with Crippen molar-refractivity contribution < 1.29 is 4.79 Å². The van der Waals surface area contributed by atoms with E-state index in [4.69, 9.17) is 4.98 Å². The number of thiazole rings is 1. The minimum atomic E-state index is 0.0541. The van der Waals surface area contributed by atoms with E-state index in [1.807, 2.05) is 36.9 Å². The number of fused-ring (bicyclic) bond motifs is 2. The third-order valence-electron chi connectivity index (χ3n) is 6.01. The maximum absolute atomic E-state index is 13.1. The monoisotopic (exact) mass is 431 g/mol. The molecule has 1 saturated heterocycles. The van der Waals surface area contributed by atoms with Crippen molar-refractivity contribution in [1.82, 2.24) is 19.9 Å². The second kappa shape index (κ2) is 7.89. The Labute approximate surface area is 185 Å². The molecule has 2 aromatic heterocycles. The Balaban J connectivity index is 1.30. The Morgan fingerprint density at radius 3 is 2.35 bits per heavy atom. The van der Waals surface area contributed by atoms with Crippen LogP contribution >= 0.6 is 11.3 Å². The second-order valence-corrected chi connectivity index (χ2v) is 9.04. The number of nitrogens with zero attached hydrogens (tertiary/aromatic N) is 5. The molecule has 5 rings (SSSR count). The zero-order valence-electron chi connectivity index (χ0n) is 18.1. The predicted molar refractivity (Wildman–Crippen MR) is 126 cm³/mol. The zero-order chi connectivity index (χ0) is 21.5. The number of benzene rings is 2. The van der Waals surface area contributed by atoms with Gasteiger partial charge in [0.2, 0.25) is 0 Å². The molecule has 3 heterocycles. The molecule has 0 radical (unpaired) electrons. The molecule has 6 nitrogen and oxygen atoms in total. The van der Waals surface area contributed by atoms with Crippen LogP contribution in [-0.2, 0) is 6.42 Å². The lowest BCUT2D eigenvalue weighted by molar-refractivity contribution is 0.0747. The lowest BCUT2D eigenvalue weighted by Gasteiger charge is -2.34. The summed E-state index contributed by atoms with van der Waals surface area (Å²) in [7, 11) is 0. The van der Waals surface area contributed by atoms with Crippen LogP contribution in [0.15, 0.2) is 36.4 Å². The summed E-state index contributed by atoms with van der Waals surface area (Å²) in [5, 5.41) is 1.04. The molecular formula is C24H25N5OS. The van der Waals surface area contributed by atoms with Crippen LogP contribution in [0.5, 0.6) is 0 Å². The second-order valence-electron chi connectivity index (χ2n) is 8.03. The highest BCUT2D eigenvalue weighted by atomic mass is 32.1. The minimum Gasteiger partial charge on any atom is -0.345 e. The first-order chi connectivity index (χ1) is 15.0. The highest BCUT2D eigenvalue weighted by Crippen LogP contribution is 2.30. The summed E-state index contributed by atoms with van der Waals surface area (Å²) in [6.07, 6.45) is 1.03. The highest BCUT2D eigenvalue weighted by molar-refractivity contribution is 7.22. The molecule has 31 heavy (non-hydrogen) atoms. The van der Waals surface area contributed by atoms with Gasteiger partial charge in [0, 0.05) is 31.7 Å². The third kappa shape index (κ3) is 3.74. The molecule has 4 aromatic rings. The van der Waals surface area contributed by atoms with E-state index < -0.39 is 0 Å². The Kier molecular flexibility index (Phi) is 5.06. The van der Waals surface area contributed by atoms with Crippen LogP contribution in [0.1, 0.15) is 34.2 Å². The Hall–Kier alpha value is -3.06. The van der Waals surface area contributed by atoms with E-state index in [9.17, 15) is 4.79 Å². The van der Waals surface area contributed by atoms with Crippen LogP contribution < -0.4 is 4.90 Å². The quantitative estimate of drug-likeness (QED) is 0.482. The number of aromatic nitrogens is 3. The minimum absolute atomic E-state index is 0.0541. The van der Waals surface area contributed by atoms with E-state index in [2.05, 4.69) is 40.0 Å². The van der Waals surface area contributed by atoms with E-state index >= 15 is 0 Å². The number of amides is 1. The molecule has 0 N–H and O–H groups in total. The highest BCUT2D eigenvalue weighted by Gasteiger charge is 2.24. The molecule has 0 unspecified atom stereocenters. The largest absolute Gasteiger partial charge is 0.345 e. The van der Waals surface area contributed by atoms with Gasteiger partial charge >= 0.3 is 0 Å². The van der Waals surface area contributed by atoms with Gasteiger partial charge in [-0.15, -0.1) is 0 Å². The van der Waals surface area contributed by atoms with E-state index in [-0.39, 0.29) is 5.91 Å². The molecule has 158 valence electrons. The van der Waals surface area contributed by atoms with Gasteiger partial charge in [0.15, 0.2) is 5.13 Å². The number of anilines is 1. The van der Waals surface area contributed by atoms with Crippen molar-refractivity contribution in [3.8, 4) is 0 Å². The first-order valence-corrected chi connectivity index (χ1v) is 11.5. The molecule has 1 fully saturated rings. The van der Waals surface area contributed by atoms with E-state index in [0.29, 0.717) is 18.7 Å². The van der Waals surface area contributed by atoms with Gasteiger partial charge in [0.25, 0.3) is 5.91 Å². The van der Waals surface area contributed by atoms with Crippen LogP contribution in [0.3, 0.4) is 0 Å². The molecule has 0 saturated carbocycles. The summed E-state index contributed by atoms with van der Waals surface area (Å²) >= 11 is 1.74. The number of piperazine rings is 1. The van der Waals surface area contributed by atoms with E-state index in [1.165, 1.54) is 10.3 Å². The van der Waals surface area contributed by atoms with Crippen molar-refractivity contribution in [3.05, 3.63) is 58.9 Å². The first kappa shape index (κ1) is 19.9. The number of carbonyl (C=O) groups is 1. The molecule has 0 spiro atoms. The van der Waals surface area contributed by atoms with Crippen LogP contribution in [0.25, 0.3) is 21.3 Å². The molecule has 0 bridgehead atoms. The molecule has 2 aromatic carbocycles. The summed E-state index contributed by atoms with van der Waals surface area (Å²) in [5.41, 5.74) is 6.48. The van der Waals surface area contributed by atoms with Crippen LogP contribution in [0.2, 0.25) is 0 Å². The van der Waals surface area contributed by atoms with Crippen LogP contribution in [0, 0.1) is 13.8 Å². The van der Waals surface area contributed by atoms with Gasteiger partial charge in [-0.05, 0) is 56.2 Å². The van der Waals surface area contributed by atoms with Crippen molar-refractivity contribution in [1.29, 1.82) is 0 Å². The molecule has 0 aliphatic carbocycles. The summed E-state index contributed by atoms with van der Waals surface area (Å²) in [6.45, 7) is 9.02. The van der Waals surface area contributed by atoms with Crippen LogP contribution in [0.4, 0.5) is 5.13 Å². The smallest absolute Gasteiger partial charge is 0.254 e. The average molecular weight is 432 g/mol. The fourth-order valence-electron chi connectivity index (χ4n) is 3.96. The molecule has 7 heteroatoms. The fraction of sp³-hybridized carbons (Fsp3) is 0.333. The maximum Gasteiger partial charge on any atom is 0.254 e. The lowest BCUT2D eigenvalue weighted by Crippen LogP contribution is -2.48. The standard InChI is InChI=1S/C24H25N5OS/c1-4-17-5-7-20-22(13-17)31-24(27-20)29-11-9-28(10-12-29)23(30)18-6-8-19-21(14-18)26-16(3)15(2)25-19/h5-8,13-14H,4,9-12H2,1-3H3. The van der Waals surface area contributed by atoms with Gasteiger partial charge in [0.05, 0.1) is 32.6 Å². The maximum atomic E-state index is 13.1. The Morgan fingerprint density at radius 1 is 0.903 bits per heavy atom. The molecule has 1 amide bonds. The number of hydrogen-bond donors (Lipinski definition) is 0. The molecule has 1 aliphatic heterocycles. The van der Waals surface area contributed by atoms with Crippen molar-refractivity contribution in [2.45, 2.75) is 27.2 Å². The number of carbonyl (C=O) groups excluding carboxylic acids is 1. The van der Waals surface area contributed by atoms with Crippen molar-refractivity contribution >= 4 is 43.6 Å². The number of hydrogen-bond acceptors (Lipinski definition) is 6. The normalized spacial score (nSPS) is 14.5. The van der Waals surface area contributed by atoms with E-state index in [0.717, 1.165) is 52.6 Å².